The van der Waals surface area contributed by atoms with Crippen molar-refractivity contribution in [2.24, 2.45) is 0 Å². The fraction of sp³-hybridized carbons (Fsp3) is 0.435. The molecule has 1 amide bonds. The summed E-state index contributed by atoms with van der Waals surface area (Å²) in [5.41, 5.74) is 1.66. The number of piperidine rings is 1. The molecular weight excluding hydrogens is 413 g/mol. The average Bonchev–Trinajstić information content (AvgIpc) is 3.45. The van der Waals surface area contributed by atoms with Crippen LogP contribution in [0.2, 0.25) is 0 Å². The van der Waals surface area contributed by atoms with Crippen LogP contribution in [0.15, 0.2) is 36.0 Å². The third-order valence-electron chi connectivity index (χ3n) is 6.28. The zero-order valence-corrected chi connectivity index (χ0v) is 18.4. The van der Waals surface area contributed by atoms with Gasteiger partial charge in [0.2, 0.25) is 5.91 Å². The van der Waals surface area contributed by atoms with Crippen molar-refractivity contribution in [1.29, 1.82) is 0 Å². The normalized spacial score (nSPS) is 21.6. The van der Waals surface area contributed by atoms with Gasteiger partial charge >= 0.3 is 0 Å². The molecule has 3 aromatic rings. The number of benzene rings is 1. The number of rotatable bonds is 4. The van der Waals surface area contributed by atoms with E-state index in [2.05, 4.69) is 25.1 Å². The minimum atomic E-state index is -0.232. The summed E-state index contributed by atoms with van der Waals surface area (Å²) in [6, 6.07) is 7.00. The highest BCUT2D eigenvalue weighted by Crippen LogP contribution is 2.32. The van der Waals surface area contributed by atoms with E-state index in [0.717, 1.165) is 60.4 Å². The summed E-state index contributed by atoms with van der Waals surface area (Å²) >= 11 is 1.58. The first-order valence-electron chi connectivity index (χ1n) is 10.9. The molecule has 2 saturated heterocycles. The van der Waals surface area contributed by atoms with E-state index in [4.69, 9.17) is 0 Å². The molecule has 31 heavy (non-hydrogen) atoms. The summed E-state index contributed by atoms with van der Waals surface area (Å²) in [4.78, 5) is 27.2. The van der Waals surface area contributed by atoms with Gasteiger partial charge in [-0.25, -0.2) is 14.4 Å². The van der Waals surface area contributed by atoms with Gasteiger partial charge < -0.3 is 15.1 Å². The molecule has 8 heteroatoms. The molecule has 2 atom stereocenters. The Bertz CT molecular complexity index is 1100. The summed E-state index contributed by atoms with van der Waals surface area (Å²) in [5.74, 6) is 0.676. The molecular formula is C23H26FN5OS. The zero-order chi connectivity index (χ0) is 21.4. The highest BCUT2D eigenvalue weighted by molar-refractivity contribution is 7.16. The molecule has 2 aromatic heterocycles. The first kappa shape index (κ1) is 20.2. The van der Waals surface area contributed by atoms with Crippen LogP contribution >= 0.6 is 11.3 Å². The Morgan fingerprint density at radius 3 is 2.97 bits per heavy atom. The SMILES string of the molecule is Cc1ccc(F)c(N2CCCC(NC(=O)C3CCCN3c3ncnc4sccc34)C2)c1. The van der Waals surface area contributed by atoms with Crippen molar-refractivity contribution in [2.45, 2.75) is 44.7 Å². The highest BCUT2D eigenvalue weighted by atomic mass is 32.1. The molecule has 0 bridgehead atoms. The predicted octanol–water partition coefficient (Wildman–Crippen LogP) is 3.89. The lowest BCUT2D eigenvalue weighted by Crippen LogP contribution is -2.52. The molecule has 2 unspecified atom stereocenters. The van der Waals surface area contributed by atoms with Crippen LogP contribution in [-0.2, 0) is 4.79 Å². The number of hydrogen-bond donors (Lipinski definition) is 1. The molecule has 5 rings (SSSR count). The monoisotopic (exact) mass is 439 g/mol. The van der Waals surface area contributed by atoms with Crippen molar-refractivity contribution >= 4 is 39.0 Å². The van der Waals surface area contributed by atoms with E-state index in [1.807, 2.05) is 24.4 Å². The minimum absolute atomic E-state index is 0.00942. The maximum absolute atomic E-state index is 14.4. The number of thiophene rings is 1. The van der Waals surface area contributed by atoms with Crippen molar-refractivity contribution < 1.29 is 9.18 Å². The van der Waals surface area contributed by atoms with Crippen molar-refractivity contribution in [3.05, 3.63) is 47.4 Å². The summed E-state index contributed by atoms with van der Waals surface area (Å²) < 4.78 is 14.4. The number of aromatic nitrogens is 2. The second kappa shape index (κ2) is 8.42. The number of carbonyl (C=O) groups excluding carboxylic acids is 1. The lowest BCUT2D eigenvalue weighted by atomic mass is 10.0. The second-order valence-electron chi connectivity index (χ2n) is 8.44. The fourth-order valence-electron chi connectivity index (χ4n) is 4.77. The summed E-state index contributed by atoms with van der Waals surface area (Å²) in [5, 5.41) is 6.27. The van der Waals surface area contributed by atoms with Crippen molar-refractivity contribution in [2.75, 3.05) is 29.4 Å². The third kappa shape index (κ3) is 3.96. The molecule has 0 aliphatic carbocycles. The molecule has 1 aromatic carbocycles. The Labute approximate surface area is 185 Å². The van der Waals surface area contributed by atoms with Gasteiger partial charge in [-0.1, -0.05) is 6.07 Å². The van der Waals surface area contributed by atoms with Crippen LogP contribution in [0.25, 0.3) is 10.2 Å². The quantitative estimate of drug-likeness (QED) is 0.668. The van der Waals surface area contributed by atoms with E-state index in [0.29, 0.717) is 12.2 Å². The molecule has 0 radical (unpaired) electrons. The number of carbonyl (C=O) groups is 1. The van der Waals surface area contributed by atoms with E-state index in [1.165, 1.54) is 6.07 Å². The molecule has 2 aliphatic rings. The number of fused-ring (bicyclic) bond motifs is 1. The van der Waals surface area contributed by atoms with Gasteiger partial charge in [0.05, 0.1) is 11.1 Å². The molecule has 162 valence electrons. The maximum atomic E-state index is 14.4. The maximum Gasteiger partial charge on any atom is 0.243 e. The molecule has 0 saturated carbocycles. The minimum Gasteiger partial charge on any atom is -0.367 e. The lowest BCUT2D eigenvalue weighted by molar-refractivity contribution is -0.123. The third-order valence-corrected chi connectivity index (χ3v) is 7.10. The average molecular weight is 440 g/mol. The van der Waals surface area contributed by atoms with Crippen LogP contribution in [0.3, 0.4) is 0 Å². The van der Waals surface area contributed by atoms with Gasteiger partial charge in [-0.05, 0) is 61.7 Å². The number of nitrogens with one attached hydrogen (secondary N) is 1. The largest absolute Gasteiger partial charge is 0.367 e. The topological polar surface area (TPSA) is 61.4 Å². The van der Waals surface area contributed by atoms with E-state index < -0.39 is 0 Å². The van der Waals surface area contributed by atoms with Crippen LogP contribution in [0.1, 0.15) is 31.2 Å². The van der Waals surface area contributed by atoms with E-state index in [1.54, 1.807) is 23.7 Å². The Balaban J connectivity index is 1.30. The summed E-state index contributed by atoms with van der Waals surface area (Å²) in [7, 11) is 0. The number of halogens is 1. The number of anilines is 2. The Morgan fingerprint density at radius 2 is 2.06 bits per heavy atom. The predicted molar refractivity (Wildman–Crippen MR) is 122 cm³/mol. The van der Waals surface area contributed by atoms with Gasteiger partial charge in [-0.15, -0.1) is 11.3 Å². The first-order valence-corrected chi connectivity index (χ1v) is 11.7. The fourth-order valence-corrected chi connectivity index (χ4v) is 5.50. The molecule has 0 spiro atoms. The molecule has 6 nitrogen and oxygen atoms in total. The van der Waals surface area contributed by atoms with Gasteiger partial charge in [-0.2, -0.15) is 0 Å². The van der Waals surface area contributed by atoms with Crippen LogP contribution < -0.4 is 15.1 Å². The number of hydrogen-bond acceptors (Lipinski definition) is 6. The summed E-state index contributed by atoms with van der Waals surface area (Å²) in [6.07, 6.45) is 5.18. The number of amides is 1. The molecule has 1 N–H and O–H groups in total. The first-order chi connectivity index (χ1) is 15.1. The van der Waals surface area contributed by atoms with Crippen LogP contribution in [0.4, 0.5) is 15.9 Å². The number of nitrogens with zero attached hydrogens (tertiary/aromatic N) is 4. The van der Waals surface area contributed by atoms with Crippen LogP contribution in [-0.4, -0.2) is 47.6 Å². The second-order valence-corrected chi connectivity index (χ2v) is 9.33. The van der Waals surface area contributed by atoms with Crippen LogP contribution in [0, 0.1) is 12.7 Å². The van der Waals surface area contributed by atoms with Crippen LogP contribution in [0.5, 0.6) is 0 Å². The van der Waals surface area contributed by atoms with Crippen molar-refractivity contribution in [3.8, 4) is 0 Å². The Kier molecular flexibility index (Phi) is 5.48. The zero-order valence-electron chi connectivity index (χ0n) is 17.6. The number of aryl methyl sites for hydroxylation is 1. The molecule has 2 fully saturated rings. The van der Waals surface area contributed by atoms with Gasteiger partial charge in [0, 0.05) is 25.7 Å². The van der Waals surface area contributed by atoms with Gasteiger partial charge in [0.15, 0.2) is 0 Å². The molecule has 4 heterocycles. The lowest BCUT2D eigenvalue weighted by Gasteiger charge is -2.36. The Morgan fingerprint density at radius 1 is 1.19 bits per heavy atom. The van der Waals surface area contributed by atoms with Gasteiger partial charge in [0.1, 0.15) is 28.8 Å². The molecule has 2 aliphatic heterocycles. The van der Waals surface area contributed by atoms with E-state index >= 15 is 0 Å². The van der Waals surface area contributed by atoms with Gasteiger partial charge in [0.25, 0.3) is 0 Å². The van der Waals surface area contributed by atoms with Gasteiger partial charge in [-0.3, -0.25) is 4.79 Å². The van der Waals surface area contributed by atoms with Crippen molar-refractivity contribution in [3.63, 3.8) is 0 Å². The standard InChI is InChI=1S/C23H26FN5OS/c1-15-6-7-18(24)20(12-15)28-9-2-4-16(13-28)27-22(30)19-5-3-10-29(19)21-17-8-11-31-23(17)26-14-25-21/h6-8,11-12,14,16,19H,2-5,9-10,13H2,1H3,(H,27,30). The smallest absolute Gasteiger partial charge is 0.243 e. The summed E-state index contributed by atoms with van der Waals surface area (Å²) in [6.45, 7) is 4.21. The van der Waals surface area contributed by atoms with E-state index in [9.17, 15) is 9.18 Å². The highest BCUT2D eigenvalue weighted by Gasteiger charge is 2.34. The Hall–Kier alpha value is -2.74. The van der Waals surface area contributed by atoms with Crippen molar-refractivity contribution in [1.82, 2.24) is 15.3 Å². The van der Waals surface area contributed by atoms with E-state index in [-0.39, 0.29) is 23.8 Å².